The van der Waals surface area contributed by atoms with Crippen molar-refractivity contribution in [3.63, 3.8) is 0 Å². The van der Waals surface area contributed by atoms with Crippen molar-refractivity contribution in [3.05, 3.63) is 195 Å². The molecule has 68 heteroatoms. The van der Waals surface area contributed by atoms with Crippen molar-refractivity contribution in [2.75, 3.05) is 81.5 Å². The number of carbonyl (C=O) groups excluding carboxylic acids is 1. The van der Waals surface area contributed by atoms with Gasteiger partial charge in [0.05, 0.1) is 71.3 Å². The highest BCUT2D eigenvalue weighted by molar-refractivity contribution is 7.48. The molecule has 15 heterocycles. The van der Waals surface area contributed by atoms with Gasteiger partial charge >= 0.3 is 64.0 Å². The normalized spacial score (nSPS) is 27.1. The van der Waals surface area contributed by atoms with Crippen molar-refractivity contribution in [2.45, 2.75) is 162 Å². The summed E-state index contributed by atoms with van der Waals surface area (Å²) in [4.78, 5) is 203. The number of aliphatic hydroxyl groups excluding tert-OH is 1. The highest BCUT2D eigenvalue weighted by Gasteiger charge is 2.52. The summed E-state index contributed by atoms with van der Waals surface area (Å²) >= 11 is 0. The molecule has 9 aromatic heterocycles. The van der Waals surface area contributed by atoms with Crippen molar-refractivity contribution in [2.24, 2.45) is 0 Å². The summed E-state index contributed by atoms with van der Waals surface area (Å²) in [6, 6.07) is 18.6. The maximum atomic E-state index is 14.6. The number of imidazole rings is 3. The number of phosphoric ester groups is 6. The zero-order chi connectivity index (χ0) is 102. The topological polar surface area (TPSA) is 865 Å². The second-order valence-electron chi connectivity index (χ2n) is 33.1. The van der Waals surface area contributed by atoms with Crippen molar-refractivity contribution >= 4 is 128 Å². The first kappa shape index (κ1) is 104. The van der Waals surface area contributed by atoms with Crippen molar-refractivity contribution in [1.29, 1.82) is 0 Å². The van der Waals surface area contributed by atoms with Gasteiger partial charge in [0.25, 0.3) is 22.6 Å². The smallest absolute Gasteiger partial charge is 0.390 e. The third-order valence-corrected chi connectivity index (χ3v) is 29.2. The average Bonchev–Trinajstić information content (AvgIpc) is 1.63. The van der Waals surface area contributed by atoms with Gasteiger partial charge in [0.1, 0.15) is 128 Å². The van der Waals surface area contributed by atoms with E-state index in [4.69, 9.17) is 111 Å². The summed E-state index contributed by atoms with van der Waals surface area (Å²) in [5.74, 6) is -1.71. The van der Waals surface area contributed by atoms with Crippen LogP contribution in [0, 0.1) is 6.92 Å². The number of nitrogens with two attached hydrogens (primary N) is 5. The third-order valence-electron chi connectivity index (χ3n) is 23.2. The van der Waals surface area contributed by atoms with Gasteiger partial charge in [-0.05, 0) is 48.7 Å². The summed E-state index contributed by atoms with van der Waals surface area (Å²) in [7, 11) is -33.0. The van der Waals surface area contributed by atoms with Crippen molar-refractivity contribution in [3.8, 4) is 0 Å². The fraction of sp³-hybridized carbons (Fsp3) is 0.447. The van der Waals surface area contributed by atoms with Gasteiger partial charge in [-0.1, -0.05) is 54.6 Å². The number of fused-ring (bicyclic) bond motifs is 3. The zero-order valence-corrected chi connectivity index (χ0v) is 80.0. The number of nitrogen functional groups attached to an aromatic ring is 5. The zero-order valence-electron chi connectivity index (χ0n) is 74.6. The van der Waals surface area contributed by atoms with E-state index in [1.807, 2.05) is 42.5 Å². The average molecular weight is 2140 g/mol. The number of benzene rings is 2. The molecule has 6 aliphatic rings. The number of nitrogens with one attached hydrogen (secondary N) is 4. The minimum Gasteiger partial charge on any atom is -0.390 e. The van der Waals surface area contributed by atoms with E-state index in [9.17, 15) is 95.4 Å². The predicted octanol–water partition coefficient (Wildman–Crippen LogP) is 1.10. The number of aromatic amines is 3. The van der Waals surface area contributed by atoms with Crippen LogP contribution in [0.3, 0.4) is 0 Å². The van der Waals surface area contributed by atoms with Gasteiger partial charge in [-0.2, -0.15) is 19.9 Å². The number of hydrogen-bond acceptors (Lipinski definition) is 46. The molecule has 11 aromatic rings. The van der Waals surface area contributed by atoms with Crippen LogP contribution in [-0.2, 0) is 110 Å². The van der Waals surface area contributed by atoms with Crippen LogP contribution in [0.4, 0.5) is 29.4 Å². The van der Waals surface area contributed by atoms with Gasteiger partial charge in [-0.15, -0.1) is 0 Å². The maximum absolute atomic E-state index is 14.6. The molecule has 0 radical (unpaired) electrons. The SMILES string of the molecule is Cc1cn([C@H]2C[C@H](OP(=O)(O)OC[C@H]3O[C@@H](n4cnc5c(=O)[nH]c(N)nc54)C[C@@H]3OP(=O)(O)OC[C@H]3O[C@@H](n4ccc(N)nc4=O)C[C@@H]3OP(=O)(O)OC[C@H]3O[C@@H](n4cnc5c(=O)[nH]c(N)nc54)C[C@@H]3OP(=O)(O)OC[C@H]3O[C@@H](n4ccc(N)nc4=O)C[C@@H]3OP(=O)(O)OC[C@H]3O[C@@H](n4cnc5c(N)ncnc54)C[C@@H]3O)[C@@H](COP(=O)(O)OCCCNC(=O)c3ccc(/C=C/c4ccccc4)cc3)O2)c(=O)[nH]c1=O. The number of nitrogens with zero attached hydrogens (tertiary/aromatic N) is 15. The van der Waals surface area contributed by atoms with Crippen LogP contribution in [0.25, 0.3) is 45.6 Å². The summed E-state index contributed by atoms with van der Waals surface area (Å²) in [6.45, 7) is -5.47. The Morgan fingerprint density at radius 1 is 0.431 bits per heavy atom. The molecule has 62 nitrogen and oxygen atoms in total. The highest BCUT2D eigenvalue weighted by Crippen LogP contribution is 2.57. The number of carbonyl (C=O) groups is 1. The molecule has 0 bridgehead atoms. The number of rotatable bonds is 42. The molecule has 6 saturated heterocycles. The number of aliphatic hydroxyl groups is 1. The Hall–Kier alpha value is -11.3. The lowest BCUT2D eigenvalue weighted by Crippen LogP contribution is -2.33. The largest absolute Gasteiger partial charge is 0.472 e. The minimum absolute atomic E-state index is 0.000516. The fourth-order valence-electron chi connectivity index (χ4n) is 16.3. The summed E-state index contributed by atoms with van der Waals surface area (Å²) in [6.07, 6.45) is -19.7. The molecule has 6 aliphatic heterocycles. The Labute approximate surface area is 805 Å². The van der Waals surface area contributed by atoms with Gasteiger partial charge in [0, 0.05) is 74.8 Å². The predicted molar refractivity (Wildman–Crippen MR) is 488 cm³/mol. The highest BCUT2D eigenvalue weighted by atomic mass is 31.2. The standard InChI is InChI=1S/C76H92N24O38P6/c1-37-26-97(76(108)94-68(37)102)58-23-44(48(131-58)28-122-139(109,110)121-19-5-16-82-69(103)40-12-10-39(11-13-40)9-8-38-6-3-2-4-7-38)136-142(115,116)127-32-52-46(25-60(133-52)100-36-87-63-67(100)91-73(81)93-71(63)105)138-144(119,120)125-30-50-43(22-57(130-50)96-18-15-54(78)89-75(96)107)135-141(113,114)126-31-51-45(24-59(132-51)99-35-86-62-66(99)90-72(80)92-70(62)104)137-143(117,118)124-29-49-42(21-56(129-49)95-17-14-53(77)88-74(95)106)134-140(111,112)123-27-47-41(101)20-55(128-47)98-34-85-61-64(79)83-33-84-65(61)98/h2-4,6-15,17-18,26,33-36,41-52,55-60,101H,5,16,19-25,27-32H2,1H3,(H,82,103)(H,109,110)(H,111,112)(H,113,114)(H,115,116)(H,117,118)(H,119,120)(H2,77,88,106)(H2,78,89,107)(H2,79,83,84)(H,94,102,108)(H3,80,90,92,104)(H3,81,91,93,105)/b9-8+/t41-,42-,43-,44-,45-,46-,47+,48+,49+,50+,51+,52+,55+,56+,57+,58+,59+,60+/m0/s1. The van der Waals surface area contributed by atoms with Crippen LogP contribution in [-0.4, -0.2) is 254 Å². The van der Waals surface area contributed by atoms with Gasteiger partial charge < -0.3 is 96.9 Å². The quantitative estimate of drug-likeness (QED) is 0.0145. The van der Waals surface area contributed by atoms with Crippen LogP contribution in [0.5, 0.6) is 0 Å². The van der Waals surface area contributed by atoms with E-state index >= 15 is 0 Å². The van der Waals surface area contributed by atoms with Crippen LogP contribution >= 0.6 is 46.9 Å². The number of phosphoric acid groups is 6. The Balaban J connectivity index is 0.560. The fourth-order valence-corrected chi connectivity index (χ4v) is 21.9. The van der Waals surface area contributed by atoms with Gasteiger partial charge in [-0.3, -0.25) is 116 Å². The molecule has 0 saturated carbocycles. The molecule has 0 aliphatic carbocycles. The Morgan fingerprint density at radius 2 is 0.806 bits per heavy atom. The summed E-state index contributed by atoms with van der Waals surface area (Å²) in [5, 5.41) is 13.7. The maximum Gasteiger partial charge on any atom is 0.472 e. The van der Waals surface area contributed by atoms with Gasteiger partial charge in [0.15, 0.2) is 33.8 Å². The van der Waals surface area contributed by atoms with Crippen LogP contribution < -0.4 is 67.7 Å². The molecule has 21 N–H and O–H groups in total. The first-order valence-corrected chi connectivity index (χ1v) is 52.4. The molecular formula is C76H92N24O38P6. The first-order chi connectivity index (χ1) is 68.4. The molecule has 1 amide bonds. The number of aryl methyl sites for hydroxylation is 1. The molecule has 6 fully saturated rings. The van der Waals surface area contributed by atoms with Gasteiger partial charge in [-0.25, -0.2) is 66.7 Å². The lowest BCUT2D eigenvalue weighted by atomic mass is 10.1. The number of ether oxygens (including phenoxy) is 6. The van der Waals surface area contributed by atoms with Crippen molar-refractivity contribution in [1.82, 2.24) is 92.5 Å². The van der Waals surface area contributed by atoms with E-state index in [0.717, 1.165) is 71.3 Å². The van der Waals surface area contributed by atoms with E-state index in [2.05, 4.69) is 65.1 Å². The molecule has 17 rings (SSSR count). The van der Waals surface area contributed by atoms with Crippen LogP contribution in [0.2, 0.25) is 0 Å². The van der Waals surface area contributed by atoms with Crippen LogP contribution in [0.1, 0.15) is 109 Å². The molecule has 144 heavy (non-hydrogen) atoms. The molecule has 0 spiro atoms. The summed E-state index contributed by atoms with van der Waals surface area (Å²) in [5.41, 5.74) is 25.4. The van der Waals surface area contributed by atoms with E-state index < -0.39 is 287 Å². The molecule has 24 atom stereocenters. The molecule has 774 valence electrons. The van der Waals surface area contributed by atoms with E-state index in [1.54, 1.807) is 24.3 Å². The molecular weight excluding hydrogens is 2040 g/mol. The van der Waals surface area contributed by atoms with E-state index in [1.165, 1.54) is 30.2 Å². The summed E-state index contributed by atoms with van der Waals surface area (Å²) < 4.78 is 194. The number of aromatic nitrogens is 18. The third kappa shape index (κ3) is 25.0. The minimum atomic E-state index is -5.71. The lowest BCUT2D eigenvalue weighted by Gasteiger charge is -2.26. The second kappa shape index (κ2) is 43.0. The molecule has 6 unspecified atom stereocenters. The molecule has 2 aromatic carbocycles. The Bertz CT molecular complexity index is 7320. The lowest BCUT2D eigenvalue weighted by molar-refractivity contribution is -0.0648. The first-order valence-electron chi connectivity index (χ1n) is 43.4. The number of H-pyrrole nitrogens is 3. The number of anilines is 5. The van der Waals surface area contributed by atoms with E-state index in [0.29, 0.717) is 5.56 Å². The second-order valence-corrected chi connectivity index (χ2v) is 41.6. The number of amides is 1. The monoisotopic (exact) mass is 2130 g/mol. The Kier molecular flexibility index (Phi) is 31.1. The number of hydrogen-bond donors (Lipinski definition) is 16. The van der Waals surface area contributed by atoms with Crippen molar-refractivity contribution < 1.29 is 149 Å². The van der Waals surface area contributed by atoms with Crippen LogP contribution in [0.15, 0.2) is 139 Å². The Morgan fingerprint density at radius 3 is 1.24 bits per heavy atom. The van der Waals surface area contributed by atoms with Gasteiger partial charge in [0.2, 0.25) is 11.9 Å². The van der Waals surface area contributed by atoms with E-state index in [-0.39, 0.29) is 75.9 Å².